The zero-order valence-electron chi connectivity index (χ0n) is 13.4. The Morgan fingerprint density at radius 1 is 1.29 bits per heavy atom. The Kier molecular flexibility index (Phi) is 6.11. The molecule has 24 heavy (non-hydrogen) atoms. The van der Waals surface area contributed by atoms with E-state index < -0.39 is 35.6 Å². The molecule has 1 rings (SSSR count). The number of ether oxygens (including phenoxy) is 1. The molecule has 0 aliphatic carbocycles. The van der Waals surface area contributed by atoms with Gasteiger partial charge in [-0.2, -0.15) is 13.2 Å². The third-order valence-corrected chi connectivity index (χ3v) is 2.84. The second kappa shape index (κ2) is 7.46. The summed E-state index contributed by atoms with van der Waals surface area (Å²) in [7, 11) is 0. The molecule has 0 aliphatic heterocycles. The lowest BCUT2D eigenvalue weighted by Crippen LogP contribution is -2.33. The number of rotatable bonds is 5. The lowest BCUT2D eigenvalue weighted by molar-refractivity contribution is -0.161. The van der Waals surface area contributed by atoms with Crippen molar-refractivity contribution in [2.75, 3.05) is 0 Å². The van der Waals surface area contributed by atoms with Crippen molar-refractivity contribution >= 4 is 11.9 Å². The van der Waals surface area contributed by atoms with E-state index in [-0.39, 0.29) is 11.6 Å². The van der Waals surface area contributed by atoms with E-state index in [0.29, 0.717) is 6.08 Å². The van der Waals surface area contributed by atoms with Crippen molar-refractivity contribution in [3.05, 3.63) is 42.2 Å². The molecule has 0 aromatic carbocycles. The highest BCUT2D eigenvalue weighted by Gasteiger charge is 2.37. The number of aromatic nitrogens is 1. The number of carbonyl (C=O) groups is 2. The lowest BCUT2D eigenvalue weighted by Gasteiger charge is -2.26. The molecule has 0 amide bonds. The van der Waals surface area contributed by atoms with Crippen LogP contribution >= 0.6 is 0 Å². The highest BCUT2D eigenvalue weighted by atomic mass is 19.4. The Balaban J connectivity index is 3.30. The second-order valence-corrected chi connectivity index (χ2v) is 6.06. The number of hydrogen-bond donors (Lipinski definition) is 1. The van der Waals surface area contributed by atoms with Crippen LogP contribution in [0.15, 0.2) is 36.7 Å². The standard InChI is InChI=1S/C16H18F3NO4/c1-15(2,3)24-14(23)12(10-5-4-8-20-9-10)11(13(21)22)6-7-16(17,18)19/h4-9,11-12H,1-3H3,(H,21,22)/b7-6+/t11-,12+/m1/s1. The largest absolute Gasteiger partial charge is 0.481 e. The normalized spacial score (nSPS) is 15.1. The number of carboxylic acids is 1. The highest BCUT2D eigenvalue weighted by Crippen LogP contribution is 2.30. The third-order valence-electron chi connectivity index (χ3n) is 2.84. The van der Waals surface area contributed by atoms with Crippen LogP contribution in [0.2, 0.25) is 0 Å². The average Bonchev–Trinajstić information content (AvgIpc) is 2.40. The first kappa shape index (κ1) is 19.7. The maximum atomic E-state index is 12.4. The number of allylic oxidation sites excluding steroid dienone is 1. The molecular weight excluding hydrogens is 327 g/mol. The van der Waals surface area contributed by atoms with Crippen LogP contribution in [0.5, 0.6) is 0 Å². The van der Waals surface area contributed by atoms with Gasteiger partial charge in [-0.05, 0) is 32.4 Å². The van der Waals surface area contributed by atoms with E-state index in [0.717, 1.165) is 0 Å². The topological polar surface area (TPSA) is 76.5 Å². The van der Waals surface area contributed by atoms with Gasteiger partial charge in [-0.25, -0.2) is 0 Å². The van der Waals surface area contributed by atoms with Gasteiger partial charge in [-0.3, -0.25) is 14.6 Å². The van der Waals surface area contributed by atoms with Gasteiger partial charge in [0.2, 0.25) is 0 Å². The minimum absolute atomic E-state index is 0.158. The van der Waals surface area contributed by atoms with Gasteiger partial charge in [-0.15, -0.1) is 0 Å². The van der Waals surface area contributed by atoms with Crippen LogP contribution in [0.3, 0.4) is 0 Å². The summed E-state index contributed by atoms with van der Waals surface area (Å²) in [5.41, 5.74) is -0.764. The Labute approximate surface area is 137 Å². The Morgan fingerprint density at radius 3 is 2.33 bits per heavy atom. The minimum atomic E-state index is -4.69. The van der Waals surface area contributed by atoms with Crippen LogP contribution in [-0.4, -0.2) is 33.8 Å². The van der Waals surface area contributed by atoms with E-state index >= 15 is 0 Å². The minimum Gasteiger partial charge on any atom is -0.481 e. The second-order valence-electron chi connectivity index (χ2n) is 6.06. The van der Waals surface area contributed by atoms with Crippen LogP contribution in [0, 0.1) is 5.92 Å². The number of halogens is 3. The predicted octanol–water partition coefficient (Wildman–Crippen LogP) is 3.33. The number of alkyl halides is 3. The summed E-state index contributed by atoms with van der Waals surface area (Å²) in [6.45, 7) is 4.73. The highest BCUT2D eigenvalue weighted by molar-refractivity contribution is 5.87. The molecule has 0 bridgehead atoms. The molecular formula is C16H18F3NO4. The molecule has 0 saturated heterocycles. The fraction of sp³-hybridized carbons (Fsp3) is 0.438. The number of carboxylic acid groups (broad SMARTS) is 1. The number of hydrogen-bond acceptors (Lipinski definition) is 4. The Hall–Kier alpha value is -2.38. The zero-order valence-corrected chi connectivity index (χ0v) is 13.4. The van der Waals surface area contributed by atoms with Gasteiger partial charge in [-0.1, -0.05) is 12.1 Å². The molecule has 0 unspecified atom stereocenters. The zero-order chi connectivity index (χ0) is 18.5. The van der Waals surface area contributed by atoms with E-state index in [1.165, 1.54) is 24.5 Å². The molecule has 0 saturated carbocycles. The summed E-state index contributed by atoms with van der Waals surface area (Å²) in [5, 5.41) is 9.30. The quantitative estimate of drug-likeness (QED) is 0.654. The van der Waals surface area contributed by atoms with Gasteiger partial charge in [0.25, 0.3) is 0 Å². The van der Waals surface area contributed by atoms with Crippen molar-refractivity contribution in [3.63, 3.8) is 0 Å². The lowest BCUT2D eigenvalue weighted by atomic mass is 9.86. The van der Waals surface area contributed by atoms with Crippen molar-refractivity contribution in [3.8, 4) is 0 Å². The number of carbonyl (C=O) groups excluding carboxylic acids is 1. The van der Waals surface area contributed by atoms with Gasteiger partial charge in [0, 0.05) is 18.5 Å². The van der Waals surface area contributed by atoms with Gasteiger partial charge in [0.15, 0.2) is 0 Å². The smallest absolute Gasteiger partial charge is 0.409 e. The maximum absolute atomic E-state index is 12.4. The molecule has 8 heteroatoms. The number of nitrogens with zero attached hydrogens (tertiary/aromatic N) is 1. The molecule has 0 radical (unpaired) electrons. The molecule has 0 fully saturated rings. The Morgan fingerprint density at radius 2 is 1.92 bits per heavy atom. The molecule has 132 valence electrons. The summed E-state index contributed by atoms with van der Waals surface area (Å²) >= 11 is 0. The Bertz CT molecular complexity index is 606. The van der Waals surface area contributed by atoms with Crippen LogP contribution in [0.25, 0.3) is 0 Å². The summed E-state index contributed by atoms with van der Waals surface area (Å²) in [6.07, 6.45) is -1.81. The van der Waals surface area contributed by atoms with Crippen molar-refractivity contribution in [1.29, 1.82) is 0 Å². The van der Waals surface area contributed by atoms with Gasteiger partial charge >= 0.3 is 18.1 Å². The monoisotopic (exact) mass is 345 g/mol. The van der Waals surface area contributed by atoms with Gasteiger partial charge < -0.3 is 9.84 Å². The van der Waals surface area contributed by atoms with Crippen molar-refractivity contribution in [1.82, 2.24) is 4.98 Å². The first-order valence-corrected chi connectivity index (χ1v) is 7.02. The third kappa shape index (κ3) is 6.39. The molecule has 0 aliphatic rings. The first-order chi connectivity index (χ1) is 10.9. The fourth-order valence-electron chi connectivity index (χ4n) is 1.96. The van der Waals surface area contributed by atoms with E-state index in [4.69, 9.17) is 4.74 Å². The molecule has 1 heterocycles. The first-order valence-electron chi connectivity index (χ1n) is 7.02. The SMILES string of the molecule is CC(C)(C)OC(=O)[C@@H](c1cccnc1)[C@@H](/C=C/C(F)(F)F)C(=O)O. The molecule has 0 spiro atoms. The van der Waals surface area contributed by atoms with Crippen LogP contribution in [0.4, 0.5) is 13.2 Å². The van der Waals surface area contributed by atoms with Crippen LogP contribution in [0.1, 0.15) is 32.3 Å². The van der Waals surface area contributed by atoms with Gasteiger partial charge in [0.05, 0.1) is 5.92 Å². The van der Waals surface area contributed by atoms with Crippen LogP contribution in [-0.2, 0) is 14.3 Å². The molecule has 1 aromatic heterocycles. The van der Waals surface area contributed by atoms with E-state index in [1.54, 1.807) is 20.8 Å². The predicted molar refractivity (Wildman–Crippen MR) is 79.1 cm³/mol. The average molecular weight is 345 g/mol. The summed E-state index contributed by atoms with van der Waals surface area (Å²) in [4.78, 5) is 27.6. The van der Waals surface area contributed by atoms with Crippen molar-refractivity contribution in [2.24, 2.45) is 5.92 Å². The van der Waals surface area contributed by atoms with E-state index in [1.807, 2.05) is 0 Å². The molecule has 1 N–H and O–H groups in total. The summed E-state index contributed by atoms with van der Waals surface area (Å²) < 4.78 is 42.4. The van der Waals surface area contributed by atoms with Crippen molar-refractivity contribution < 1.29 is 32.6 Å². The van der Waals surface area contributed by atoms with Crippen LogP contribution < -0.4 is 0 Å². The molecule has 1 aromatic rings. The summed E-state index contributed by atoms with van der Waals surface area (Å²) in [6, 6.07) is 2.87. The molecule has 2 atom stereocenters. The van der Waals surface area contributed by atoms with Gasteiger partial charge in [0.1, 0.15) is 11.5 Å². The number of esters is 1. The maximum Gasteiger partial charge on any atom is 0.409 e. The molecule has 5 nitrogen and oxygen atoms in total. The van der Waals surface area contributed by atoms with Crippen molar-refractivity contribution in [2.45, 2.75) is 38.5 Å². The van der Waals surface area contributed by atoms with E-state index in [2.05, 4.69) is 4.98 Å². The summed E-state index contributed by atoms with van der Waals surface area (Å²) in [5.74, 6) is -5.70. The number of aliphatic carboxylic acids is 1. The fourth-order valence-corrected chi connectivity index (χ4v) is 1.96. The number of pyridine rings is 1. The van der Waals surface area contributed by atoms with E-state index in [9.17, 15) is 27.9 Å².